The predicted molar refractivity (Wildman–Crippen MR) is 74.0 cm³/mol. The molecule has 1 fully saturated rings. The minimum atomic E-state index is -0.134. The van der Waals surface area contributed by atoms with Crippen LogP contribution in [0.1, 0.15) is 57.6 Å². The molecule has 0 saturated heterocycles. The summed E-state index contributed by atoms with van der Waals surface area (Å²) in [6.07, 6.45) is 6.16. The van der Waals surface area contributed by atoms with E-state index in [1.54, 1.807) is 12.1 Å². The second-order valence-electron chi connectivity index (χ2n) is 5.64. The molecule has 0 amide bonds. The smallest absolute Gasteiger partial charge is 0.123 e. The second-order valence-corrected chi connectivity index (χ2v) is 5.64. The van der Waals surface area contributed by atoms with Crippen LogP contribution in [0, 0.1) is 11.7 Å². The molecule has 1 aliphatic rings. The van der Waals surface area contributed by atoms with Gasteiger partial charge in [-0.3, -0.25) is 0 Å². The van der Waals surface area contributed by atoms with Gasteiger partial charge in [0.05, 0.1) is 0 Å². The van der Waals surface area contributed by atoms with Crippen molar-refractivity contribution in [3.05, 3.63) is 35.6 Å². The number of hydrogen-bond donors (Lipinski definition) is 1. The van der Waals surface area contributed by atoms with E-state index in [0.717, 1.165) is 17.9 Å². The summed E-state index contributed by atoms with van der Waals surface area (Å²) in [5.74, 6) is 0.738. The molecule has 1 aromatic rings. The fraction of sp³-hybridized carbons (Fsp3) is 0.625. The maximum Gasteiger partial charge on any atom is 0.123 e. The molecule has 1 N–H and O–H groups in total. The average molecular weight is 249 g/mol. The van der Waals surface area contributed by atoms with Crippen molar-refractivity contribution in [3.63, 3.8) is 0 Å². The van der Waals surface area contributed by atoms with Crippen LogP contribution in [-0.4, -0.2) is 6.04 Å². The van der Waals surface area contributed by atoms with E-state index >= 15 is 0 Å². The van der Waals surface area contributed by atoms with Crippen molar-refractivity contribution in [2.24, 2.45) is 5.92 Å². The van der Waals surface area contributed by atoms with Gasteiger partial charge in [0, 0.05) is 12.1 Å². The van der Waals surface area contributed by atoms with Gasteiger partial charge >= 0.3 is 0 Å². The third-order valence-corrected chi connectivity index (χ3v) is 4.11. The number of hydrogen-bond acceptors (Lipinski definition) is 1. The van der Waals surface area contributed by atoms with Crippen LogP contribution in [0.15, 0.2) is 24.3 Å². The van der Waals surface area contributed by atoms with E-state index in [9.17, 15) is 4.39 Å². The van der Waals surface area contributed by atoms with Gasteiger partial charge in [0.15, 0.2) is 0 Å². The molecule has 0 bridgehead atoms. The molecule has 2 rings (SSSR count). The lowest BCUT2D eigenvalue weighted by molar-refractivity contribution is 0.284. The first kappa shape index (κ1) is 13.5. The van der Waals surface area contributed by atoms with Gasteiger partial charge in [0.25, 0.3) is 0 Å². The summed E-state index contributed by atoms with van der Waals surface area (Å²) >= 11 is 0. The Morgan fingerprint density at radius 3 is 2.61 bits per heavy atom. The molecule has 1 nitrogen and oxygen atoms in total. The Bertz CT molecular complexity index is 369. The van der Waals surface area contributed by atoms with E-state index in [-0.39, 0.29) is 5.82 Å². The molecule has 0 spiro atoms. The van der Waals surface area contributed by atoms with Gasteiger partial charge in [-0.05, 0) is 55.7 Å². The third kappa shape index (κ3) is 3.55. The molecule has 1 aromatic carbocycles. The van der Waals surface area contributed by atoms with Crippen molar-refractivity contribution in [3.8, 4) is 0 Å². The Morgan fingerprint density at radius 1 is 1.28 bits per heavy atom. The van der Waals surface area contributed by atoms with Crippen molar-refractivity contribution in [1.82, 2.24) is 5.32 Å². The largest absolute Gasteiger partial charge is 0.307 e. The summed E-state index contributed by atoms with van der Waals surface area (Å²) in [7, 11) is 0. The van der Waals surface area contributed by atoms with Crippen LogP contribution in [0.25, 0.3) is 0 Å². The molecule has 0 aliphatic heterocycles. The summed E-state index contributed by atoms with van der Waals surface area (Å²) in [6, 6.07) is 7.90. The number of benzene rings is 1. The van der Waals surface area contributed by atoms with Crippen LogP contribution in [0.2, 0.25) is 0 Å². The van der Waals surface area contributed by atoms with E-state index < -0.39 is 0 Å². The van der Waals surface area contributed by atoms with E-state index in [1.165, 1.54) is 31.7 Å². The van der Waals surface area contributed by atoms with Crippen molar-refractivity contribution in [1.29, 1.82) is 0 Å². The maximum absolute atomic E-state index is 13.3. The van der Waals surface area contributed by atoms with Crippen molar-refractivity contribution >= 4 is 0 Å². The van der Waals surface area contributed by atoms with Crippen LogP contribution in [-0.2, 0) is 0 Å². The highest BCUT2D eigenvalue weighted by molar-refractivity contribution is 5.20. The van der Waals surface area contributed by atoms with Gasteiger partial charge in [-0.1, -0.05) is 26.0 Å². The summed E-state index contributed by atoms with van der Waals surface area (Å²) in [5.41, 5.74) is 1.08. The maximum atomic E-state index is 13.3. The molecule has 0 heterocycles. The lowest BCUT2D eigenvalue weighted by Gasteiger charge is -2.31. The van der Waals surface area contributed by atoms with Crippen molar-refractivity contribution in [2.45, 2.75) is 58.0 Å². The molecular weight excluding hydrogens is 225 g/mol. The van der Waals surface area contributed by atoms with Crippen molar-refractivity contribution in [2.75, 3.05) is 0 Å². The van der Waals surface area contributed by atoms with E-state index in [0.29, 0.717) is 12.1 Å². The molecule has 1 saturated carbocycles. The quantitative estimate of drug-likeness (QED) is 0.831. The lowest BCUT2D eigenvalue weighted by Crippen LogP contribution is -2.35. The van der Waals surface area contributed by atoms with Crippen LogP contribution < -0.4 is 5.32 Å². The van der Waals surface area contributed by atoms with E-state index in [2.05, 4.69) is 19.2 Å². The Balaban J connectivity index is 1.97. The van der Waals surface area contributed by atoms with Crippen LogP contribution in [0.3, 0.4) is 0 Å². The van der Waals surface area contributed by atoms with Gasteiger partial charge in [0.2, 0.25) is 0 Å². The van der Waals surface area contributed by atoms with Crippen molar-refractivity contribution < 1.29 is 4.39 Å². The zero-order valence-corrected chi connectivity index (χ0v) is 11.5. The SMILES string of the molecule is CCC(NC1CCC(C)CC1)c1cccc(F)c1. The topological polar surface area (TPSA) is 12.0 Å². The van der Waals surface area contributed by atoms with Gasteiger partial charge in [0.1, 0.15) is 5.82 Å². The number of rotatable bonds is 4. The summed E-state index contributed by atoms with van der Waals surface area (Å²) in [5, 5.41) is 3.70. The Kier molecular flexibility index (Phi) is 4.76. The standard InChI is InChI=1S/C16H24FN/c1-3-16(13-5-4-6-14(17)11-13)18-15-9-7-12(2)8-10-15/h4-6,11-12,15-16,18H,3,7-10H2,1-2H3. The summed E-state index contributed by atoms with van der Waals surface area (Å²) in [6.45, 7) is 4.49. The highest BCUT2D eigenvalue weighted by Gasteiger charge is 2.21. The molecule has 100 valence electrons. The highest BCUT2D eigenvalue weighted by atomic mass is 19.1. The first-order chi connectivity index (χ1) is 8.69. The minimum absolute atomic E-state index is 0.134. The van der Waals surface area contributed by atoms with Crippen LogP contribution in [0.4, 0.5) is 4.39 Å². The molecule has 18 heavy (non-hydrogen) atoms. The molecular formula is C16H24FN. The summed E-state index contributed by atoms with van der Waals surface area (Å²) in [4.78, 5) is 0. The first-order valence-electron chi connectivity index (χ1n) is 7.20. The second kappa shape index (κ2) is 6.33. The zero-order chi connectivity index (χ0) is 13.0. The van der Waals surface area contributed by atoms with Gasteiger partial charge in [-0.15, -0.1) is 0 Å². The number of halogens is 1. The lowest BCUT2D eigenvalue weighted by atomic mass is 9.86. The molecule has 0 radical (unpaired) electrons. The Morgan fingerprint density at radius 2 is 2.00 bits per heavy atom. The third-order valence-electron chi connectivity index (χ3n) is 4.11. The average Bonchev–Trinajstić information content (AvgIpc) is 2.38. The van der Waals surface area contributed by atoms with Crippen LogP contribution >= 0.6 is 0 Å². The van der Waals surface area contributed by atoms with Gasteiger partial charge in [-0.25, -0.2) is 4.39 Å². The molecule has 1 aliphatic carbocycles. The van der Waals surface area contributed by atoms with Gasteiger partial charge in [-0.2, -0.15) is 0 Å². The molecule has 2 heteroatoms. The fourth-order valence-electron chi connectivity index (χ4n) is 2.88. The zero-order valence-electron chi connectivity index (χ0n) is 11.5. The monoisotopic (exact) mass is 249 g/mol. The van der Waals surface area contributed by atoms with E-state index in [1.807, 2.05) is 6.07 Å². The first-order valence-corrected chi connectivity index (χ1v) is 7.20. The normalized spacial score (nSPS) is 25.9. The Labute approximate surface area is 110 Å². The van der Waals surface area contributed by atoms with E-state index in [4.69, 9.17) is 0 Å². The highest BCUT2D eigenvalue weighted by Crippen LogP contribution is 2.26. The van der Waals surface area contributed by atoms with Gasteiger partial charge < -0.3 is 5.32 Å². The predicted octanol–water partition coefficient (Wildman–Crippen LogP) is 4.45. The summed E-state index contributed by atoms with van der Waals surface area (Å²) < 4.78 is 13.3. The molecule has 0 aromatic heterocycles. The Hall–Kier alpha value is -0.890. The molecule has 1 atom stereocenters. The fourth-order valence-corrected chi connectivity index (χ4v) is 2.88. The number of nitrogens with one attached hydrogen (secondary N) is 1. The van der Waals surface area contributed by atoms with Crippen LogP contribution in [0.5, 0.6) is 0 Å². The minimum Gasteiger partial charge on any atom is -0.307 e. The molecule has 1 unspecified atom stereocenters.